The molecule has 0 bridgehead atoms. The molecule has 1 heterocycles. The number of carbonyl (C=O) groups is 1. The molecule has 8 heteroatoms. The normalized spacial score (nSPS) is 26.1. The molecule has 1 fully saturated rings. The largest absolute Gasteiger partial charge is 0.347 e. The van der Waals surface area contributed by atoms with Crippen LogP contribution in [-0.4, -0.2) is 49.0 Å². The van der Waals surface area contributed by atoms with Crippen LogP contribution in [-0.2, 0) is 4.79 Å². The van der Waals surface area contributed by atoms with Gasteiger partial charge in [0.1, 0.15) is 0 Å². The fourth-order valence-corrected chi connectivity index (χ4v) is 1.99. The summed E-state index contributed by atoms with van der Waals surface area (Å²) in [5.74, 6) is -7.66. The van der Waals surface area contributed by atoms with Gasteiger partial charge in [-0.3, -0.25) is 4.79 Å². The van der Waals surface area contributed by atoms with Crippen LogP contribution >= 0.6 is 0 Å². The first-order valence-electron chi connectivity index (χ1n) is 6.53. The van der Waals surface area contributed by atoms with Crippen molar-refractivity contribution in [3.8, 4) is 0 Å². The maximum Gasteiger partial charge on any atom is 0.321 e. The molecule has 4 nitrogen and oxygen atoms in total. The van der Waals surface area contributed by atoms with Crippen LogP contribution in [0.25, 0.3) is 0 Å². The van der Waals surface area contributed by atoms with Crippen LogP contribution < -0.4 is 16.0 Å². The van der Waals surface area contributed by atoms with E-state index in [9.17, 15) is 22.4 Å². The van der Waals surface area contributed by atoms with E-state index in [1.807, 2.05) is 0 Å². The van der Waals surface area contributed by atoms with Gasteiger partial charge < -0.3 is 16.0 Å². The Balaban J connectivity index is 2.49. The van der Waals surface area contributed by atoms with Crippen molar-refractivity contribution in [1.82, 2.24) is 16.0 Å². The lowest BCUT2D eigenvalue weighted by molar-refractivity contribution is -0.144. The predicted molar refractivity (Wildman–Crippen MR) is 67.0 cm³/mol. The maximum absolute atomic E-state index is 13.1. The van der Waals surface area contributed by atoms with Crippen molar-refractivity contribution in [2.45, 2.75) is 57.2 Å². The van der Waals surface area contributed by atoms with E-state index in [1.165, 1.54) is 6.92 Å². The summed E-state index contributed by atoms with van der Waals surface area (Å²) in [6.07, 6.45) is 0.329. The van der Waals surface area contributed by atoms with Gasteiger partial charge in [0.05, 0.1) is 6.04 Å². The molecular weight excluding hydrogens is 278 g/mol. The summed E-state index contributed by atoms with van der Waals surface area (Å²) in [6.45, 7) is 3.50. The second-order valence-corrected chi connectivity index (χ2v) is 5.49. The molecule has 1 amide bonds. The van der Waals surface area contributed by atoms with E-state index in [4.69, 9.17) is 0 Å². The number of piperidine rings is 1. The Labute approximate surface area is 115 Å². The van der Waals surface area contributed by atoms with Gasteiger partial charge in [0.2, 0.25) is 0 Å². The molecule has 0 saturated carbocycles. The summed E-state index contributed by atoms with van der Waals surface area (Å²) < 4.78 is 51.7. The summed E-state index contributed by atoms with van der Waals surface area (Å²) >= 11 is 0. The Bertz CT molecular complexity index is 341. The van der Waals surface area contributed by atoms with Gasteiger partial charge in [-0.2, -0.15) is 8.78 Å². The Morgan fingerprint density at radius 1 is 1.20 bits per heavy atom. The molecule has 1 saturated heterocycles. The van der Waals surface area contributed by atoms with Crippen LogP contribution in [0, 0.1) is 0 Å². The van der Waals surface area contributed by atoms with Gasteiger partial charge in [0.15, 0.2) is 0 Å². The highest BCUT2D eigenvalue weighted by atomic mass is 19.3. The molecule has 1 aliphatic heterocycles. The molecule has 1 rings (SSSR count). The molecule has 118 valence electrons. The lowest BCUT2D eigenvalue weighted by atomic mass is 10.0. The second-order valence-electron chi connectivity index (χ2n) is 5.49. The zero-order chi connectivity index (χ0) is 15.6. The number of nitrogens with one attached hydrogen (secondary N) is 3. The van der Waals surface area contributed by atoms with E-state index >= 15 is 0 Å². The third-order valence-electron chi connectivity index (χ3n) is 3.33. The lowest BCUT2D eigenvalue weighted by Crippen LogP contribution is -2.59. The zero-order valence-corrected chi connectivity index (χ0v) is 11.8. The van der Waals surface area contributed by atoms with Crippen molar-refractivity contribution in [3.05, 3.63) is 0 Å². The van der Waals surface area contributed by atoms with Gasteiger partial charge in [-0.15, -0.1) is 0 Å². The summed E-state index contributed by atoms with van der Waals surface area (Å²) in [5.41, 5.74) is 0. The highest BCUT2D eigenvalue weighted by Crippen LogP contribution is 2.18. The molecule has 0 spiro atoms. The third-order valence-corrected chi connectivity index (χ3v) is 3.33. The number of amides is 1. The number of alkyl halides is 4. The Kier molecular flexibility index (Phi) is 5.37. The fraction of sp³-hybridized carbons (Fsp3) is 0.917. The van der Waals surface area contributed by atoms with Crippen molar-refractivity contribution in [2.75, 3.05) is 13.1 Å². The molecule has 0 radical (unpaired) electrons. The average Bonchev–Trinajstić information content (AvgIpc) is 2.26. The van der Waals surface area contributed by atoms with E-state index < -0.39 is 29.8 Å². The highest BCUT2D eigenvalue weighted by molar-refractivity contribution is 5.83. The topological polar surface area (TPSA) is 53.2 Å². The molecule has 20 heavy (non-hydrogen) atoms. The first-order valence-corrected chi connectivity index (χ1v) is 6.53. The molecule has 0 aromatic heterocycles. The standard InChI is InChI=1S/C12H21F4N3O/c1-7(11(2,13)14)18-8-4-9(6-17-5-8)19-10(20)12(3,15)16/h7-9,17-18H,4-6H2,1-3H3,(H,19,20). The number of halogens is 4. The molecule has 1 aliphatic rings. The van der Waals surface area contributed by atoms with Gasteiger partial charge in [0.25, 0.3) is 11.8 Å². The zero-order valence-electron chi connectivity index (χ0n) is 11.8. The van der Waals surface area contributed by atoms with Crippen molar-refractivity contribution >= 4 is 5.91 Å². The minimum atomic E-state index is -3.44. The smallest absolute Gasteiger partial charge is 0.321 e. The number of hydrogen-bond acceptors (Lipinski definition) is 3. The molecule has 3 N–H and O–H groups in total. The van der Waals surface area contributed by atoms with E-state index in [2.05, 4.69) is 16.0 Å². The van der Waals surface area contributed by atoms with E-state index in [0.717, 1.165) is 6.92 Å². The Hall–Kier alpha value is -0.890. The van der Waals surface area contributed by atoms with Gasteiger partial charge in [-0.05, 0) is 13.3 Å². The van der Waals surface area contributed by atoms with Crippen molar-refractivity contribution in [3.63, 3.8) is 0 Å². The monoisotopic (exact) mass is 299 g/mol. The van der Waals surface area contributed by atoms with Crippen LogP contribution in [0.5, 0.6) is 0 Å². The maximum atomic E-state index is 13.1. The molecule has 0 aliphatic carbocycles. The predicted octanol–water partition coefficient (Wildman–Crippen LogP) is 1.12. The second kappa shape index (κ2) is 6.26. The first kappa shape index (κ1) is 17.2. The lowest BCUT2D eigenvalue weighted by Gasteiger charge is -2.34. The van der Waals surface area contributed by atoms with E-state index in [-0.39, 0.29) is 6.04 Å². The molecule has 3 atom stereocenters. The van der Waals surface area contributed by atoms with Crippen LogP contribution in [0.3, 0.4) is 0 Å². The third kappa shape index (κ3) is 5.24. The van der Waals surface area contributed by atoms with Gasteiger partial charge >= 0.3 is 5.92 Å². The number of rotatable bonds is 5. The minimum absolute atomic E-state index is 0.305. The quantitative estimate of drug-likeness (QED) is 0.667. The summed E-state index contributed by atoms with van der Waals surface area (Å²) in [6, 6.07) is -1.84. The summed E-state index contributed by atoms with van der Waals surface area (Å²) in [7, 11) is 0. The van der Waals surface area contributed by atoms with Gasteiger partial charge in [-0.1, -0.05) is 0 Å². The minimum Gasteiger partial charge on any atom is -0.347 e. The Morgan fingerprint density at radius 2 is 1.75 bits per heavy atom. The van der Waals surface area contributed by atoms with Crippen LogP contribution in [0.15, 0.2) is 0 Å². The van der Waals surface area contributed by atoms with Gasteiger partial charge in [0, 0.05) is 39.0 Å². The SMILES string of the molecule is CC(NC1CNCC(NC(=O)C(C)(F)F)C1)C(C)(F)F. The molecule has 0 aromatic carbocycles. The van der Waals surface area contributed by atoms with Crippen LogP contribution in [0.1, 0.15) is 27.2 Å². The van der Waals surface area contributed by atoms with Crippen molar-refractivity contribution < 1.29 is 22.4 Å². The number of carbonyl (C=O) groups excluding carboxylic acids is 1. The van der Waals surface area contributed by atoms with E-state index in [1.54, 1.807) is 0 Å². The van der Waals surface area contributed by atoms with Crippen LogP contribution in [0.4, 0.5) is 17.6 Å². The molecule has 0 aromatic rings. The van der Waals surface area contributed by atoms with Crippen LogP contribution in [0.2, 0.25) is 0 Å². The Morgan fingerprint density at radius 3 is 2.25 bits per heavy atom. The average molecular weight is 299 g/mol. The first-order chi connectivity index (χ1) is 9.00. The summed E-state index contributed by atoms with van der Waals surface area (Å²) in [4.78, 5) is 11.2. The highest BCUT2D eigenvalue weighted by Gasteiger charge is 2.36. The number of hydrogen-bond donors (Lipinski definition) is 3. The van der Waals surface area contributed by atoms with Crippen molar-refractivity contribution in [1.29, 1.82) is 0 Å². The van der Waals surface area contributed by atoms with Gasteiger partial charge in [-0.25, -0.2) is 8.78 Å². The molecule has 3 unspecified atom stereocenters. The van der Waals surface area contributed by atoms with E-state index in [0.29, 0.717) is 26.4 Å². The molecular formula is C12H21F4N3O. The van der Waals surface area contributed by atoms with Crippen molar-refractivity contribution in [2.24, 2.45) is 0 Å². The fourth-order valence-electron chi connectivity index (χ4n) is 1.99. The summed E-state index contributed by atoms with van der Waals surface area (Å²) in [5, 5.41) is 7.90.